The summed E-state index contributed by atoms with van der Waals surface area (Å²) in [5.74, 6) is 1.54. The van der Waals surface area contributed by atoms with E-state index in [1.807, 2.05) is 26.8 Å². The Morgan fingerprint density at radius 1 is 1.28 bits per heavy atom. The summed E-state index contributed by atoms with van der Waals surface area (Å²) in [7, 11) is 0. The first kappa shape index (κ1) is 12.8. The van der Waals surface area contributed by atoms with Gasteiger partial charge in [0.25, 0.3) is 0 Å². The molecule has 0 aliphatic heterocycles. The Labute approximate surface area is 110 Å². The molecule has 0 unspecified atom stereocenters. The molecule has 0 aromatic carbocycles. The highest BCUT2D eigenvalue weighted by Crippen LogP contribution is 2.29. The molecule has 2 heterocycles. The molecule has 5 nitrogen and oxygen atoms in total. The Hall–Kier alpha value is -1.69. The van der Waals surface area contributed by atoms with Gasteiger partial charge in [-0.3, -0.25) is 0 Å². The van der Waals surface area contributed by atoms with Crippen LogP contribution >= 0.6 is 11.8 Å². The fourth-order valence-electron chi connectivity index (χ4n) is 1.33. The molecule has 2 N–H and O–H groups in total. The second kappa shape index (κ2) is 5.30. The van der Waals surface area contributed by atoms with Gasteiger partial charge in [0, 0.05) is 17.7 Å². The normalized spacial score (nSPS) is 10.9. The first-order valence-electron chi connectivity index (χ1n) is 5.65. The molecule has 0 radical (unpaired) electrons. The summed E-state index contributed by atoms with van der Waals surface area (Å²) in [6.07, 6.45) is 3.23. The van der Waals surface area contributed by atoms with Gasteiger partial charge in [0.05, 0.1) is 0 Å². The zero-order chi connectivity index (χ0) is 13.1. The number of rotatable bonds is 3. The van der Waals surface area contributed by atoms with Gasteiger partial charge in [0.15, 0.2) is 0 Å². The highest BCUT2D eigenvalue weighted by Gasteiger charge is 2.12. The fourth-order valence-corrected chi connectivity index (χ4v) is 2.15. The molecular formula is C12H15N5S. The summed E-state index contributed by atoms with van der Waals surface area (Å²) in [5, 5.41) is 1.70. The first-order valence-corrected chi connectivity index (χ1v) is 6.47. The second-order valence-electron chi connectivity index (χ2n) is 4.20. The van der Waals surface area contributed by atoms with E-state index in [0.29, 0.717) is 5.82 Å². The summed E-state index contributed by atoms with van der Waals surface area (Å²) in [6.45, 7) is 6.01. The largest absolute Gasteiger partial charge is 0.383 e. The molecule has 0 atom stereocenters. The smallest absolute Gasteiger partial charge is 0.134 e. The number of nitrogen functional groups attached to an aromatic ring is 1. The van der Waals surface area contributed by atoms with E-state index in [2.05, 4.69) is 19.9 Å². The molecule has 18 heavy (non-hydrogen) atoms. The lowest BCUT2D eigenvalue weighted by atomic mass is 10.2. The van der Waals surface area contributed by atoms with E-state index in [0.717, 1.165) is 21.4 Å². The average molecular weight is 261 g/mol. The number of anilines is 1. The van der Waals surface area contributed by atoms with Crippen LogP contribution in [0.15, 0.2) is 28.6 Å². The standard InChI is InChI=1S/C12H15N5S/c1-7(2)11-16-10(13)8(3)12(17-11)18-9-4-5-14-6-15-9/h4-7H,1-3H3,(H2,13,16,17). The van der Waals surface area contributed by atoms with Crippen LogP contribution in [0.2, 0.25) is 0 Å². The highest BCUT2D eigenvalue weighted by molar-refractivity contribution is 7.99. The molecule has 0 aliphatic carbocycles. The first-order chi connectivity index (χ1) is 8.58. The molecule has 0 fully saturated rings. The van der Waals surface area contributed by atoms with Crippen molar-refractivity contribution in [3.63, 3.8) is 0 Å². The van der Waals surface area contributed by atoms with Gasteiger partial charge in [0.2, 0.25) is 0 Å². The van der Waals surface area contributed by atoms with Crippen LogP contribution in [0, 0.1) is 6.92 Å². The van der Waals surface area contributed by atoms with Crippen molar-refractivity contribution >= 4 is 17.6 Å². The minimum atomic E-state index is 0.248. The zero-order valence-corrected chi connectivity index (χ0v) is 11.4. The number of hydrogen-bond donors (Lipinski definition) is 1. The summed E-state index contributed by atoms with van der Waals surface area (Å²) >= 11 is 1.48. The number of hydrogen-bond acceptors (Lipinski definition) is 6. The Morgan fingerprint density at radius 3 is 2.67 bits per heavy atom. The maximum atomic E-state index is 5.92. The quantitative estimate of drug-likeness (QED) is 0.855. The van der Waals surface area contributed by atoms with E-state index >= 15 is 0 Å². The molecular weight excluding hydrogens is 246 g/mol. The van der Waals surface area contributed by atoms with Gasteiger partial charge in [-0.15, -0.1) is 0 Å². The van der Waals surface area contributed by atoms with Crippen LogP contribution in [0.25, 0.3) is 0 Å². The van der Waals surface area contributed by atoms with Crippen LogP contribution in [-0.2, 0) is 0 Å². The number of aromatic nitrogens is 4. The zero-order valence-electron chi connectivity index (χ0n) is 10.6. The van der Waals surface area contributed by atoms with Crippen LogP contribution in [0.4, 0.5) is 5.82 Å². The lowest BCUT2D eigenvalue weighted by Gasteiger charge is -2.10. The third-order valence-electron chi connectivity index (χ3n) is 2.43. The Kier molecular flexibility index (Phi) is 3.76. The van der Waals surface area contributed by atoms with Crippen LogP contribution in [0.5, 0.6) is 0 Å². The van der Waals surface area contributed by atoms with Crippen LogP contribution in [0.3, 0.4) is 0 Å². The Balaban J connectivity index is 2.38. The monoisotopic (exact) mass is 261 g/mol. The van der Waals surface area contributed by atoms with Gasteiger partial charge in [-0.2, -0.15) is 0 Å². The summed E-state index contributed by atoms with van der Waals surface area (Å²) in [4.78, 5) is 16.9. The molecule has 2 rings (SSSR count). The minimum absolute atomic E-state index is 0.248. The third-order valence-corrected chi connectivity index (χ3v) is 3.47. The summed E-state index contributed by atoms with van der Waals surface area (Å²) in [5.41, 5.74) is 6.81. The third kappa shape index (κ3) is 2.76. The Morgan fingerprint density at radius 2 is 2.06 bits per heavy atom. The lowest BCUT2D eigenvalue weighted by molar-refractivity contribution is 0.751. The van der Waals surface area contributed by atoms with Crippen molar-refractivity contribution in [1.29, 1.82) is 0 Å². The minimum Gasteiger partial charge on any atom is -0.383 e. The van der Waals surface area contributed by atoms with Crippen molar-refractivity contribution in [2.45, 2.75) is 36.7 Å². The van der Waals surface area contributed by atoms with Crippen molar-refractivity contribution in [3.05, 3.63) is 30.0 Å². The molecule has 0 amide bonds. The Bertz CT molecular complexity index is 542. The molecule has 0 saturated heterocycles. The average Bonchev–Trinajstić information content (AvgIpc) is 2.35. The SMILES string of the molecule is Cc1c(N)nc(C(C)C)nc1Sc1ccncn1. The molecule has 0 bridgehead atoms. The second-order valence-corrected chi connectivity index (χ2v) is 5.21. The topological polar surface area (TPSA) is 77.6 Å². The van der Waals surface area contributed by atoms with Crippen molar-refractivity contribution in [2.24, 2.45) is 0 Å². The fraction of sp³-hybridized carbons (Fsp3) is 0.333. The predicted octanol–water partition coefficient (Wildman–Crippen LogP) is 2.43. The van der Waals surface area contributed by atoms with Crippen molar-refractivity contribution in [3.8, 4) is 0 Å². The van der Waals surface area contributed by atoms with Crippen molar-refractivity contribution in [1.82, 2.24) is 19.9 Å². The van der Waals surface area contributed by atoms with Gasteiger partial charge in [-0.25, -0.2) is 19.9 Å². The van der Waals surface area contributed by atoms with Gasteiger partial charge in [0.1, 0.15) is 28.0 Å². The lowest BCUT2D eigenvalue weighted by Crippen LogP contribution is -2.05. The van der Waals surface area contributed by atoms with E-state index in [1.165, 1.54) is 18.1 Å². The van der Waals surface area contributed by atoms with Gasteiger partial charge in [-0.1, -0.05) is 13.8 Å². The molecule has 2 aromatic heterocycles. The van der Waals surface area contributed by atoms with Gasteiger partial charge >= 0.3 is 0 Å². The summed E-state index contributed by atoms with van der Waals surface area (Å²) < 4.78 is 0. The van der Waals surface area contributed by atoms with E-state index in [4.69, 9.17) is 5.73 Å². The molecule has 94 valence electrons. The van der Waals surface area contributed by atoms with E-state index in [-0.39, 0.29) is 5.92 Å². The van der Waals surface area contributed by atoms with Crippen LogP contribution < -0.4 is 5.73 Å². The van der Waals surface area contributed by atoms with Crippen molar-refractivity contribution < 1.29 is 0 Å². The van der Waals surface area contributed by atoms with Crippen molar-refractivity contribution in [2.75, 3.05) is 5.73 Å². The molecule has 2 aromatic rings. The van der Waals surface area contributed by atoms with E-state index < -0.39 is 0 Å². The van der Waals surface area contributed by atoms with E-state index in [1.54, 1.807) is 6.20 Å². The predicted molar refractivity (Wildman–Crippen MR) is 71.4 cm³/mol. The molecule has 6 heteroatoms. The summed E-state index contributed by atoms with van der Waals surface area (Å²) in [6, 6.07) is 1.84. The van der Waals surface area contributed by atoms with Gasteiger partial charge < -0.3 is 5.73 Å². The number of nitrogens with two attached hydrogens (primary N) is 1. The molecule has 0 saturated carbocycles. The van der Waals surface area contributed by atoms with Crippen LogP contribution in [0.1, 0.15) is 31.2 Å². The van der Waals surface area contributed by atoms with Crippen LogP contribution in [-0.4, -0.2) is 19.9 Å². The highest BCUT2D eigenvalue weighted by atomic mass is 32.2. The van der Waals surface area contributed by atoms with E-state index in [9.17, 15) is 0 Å². The molecule has 0 aliphatic rings. The maximum absolute atomic E-state index is 5.92. The molecule has 0 spiro atoms. The number of nitrogens with zero attached hydrogens (tertiary/aromatic N) is 4. The van der Waals surface area contributed by atoms with Gasteiger partial charge in [-0.05, 0) is 24.8 Å². The maximum Gasteiger partial charge on any atom is 0.134 e.